The van der Waals surface area contributed by atoms with Gasteiger partial charge in [-0.25, -0.2) is 42.5 Å². The SMILES string of the molecule is Fc1ccc(-c2cc(-c3ccc(F)cc3)nc(-c3ccc4c5ccc(-c6ccc7c(c6)c6ccccc6n7-c6ccccc6)cc5n(-c5ccccc5)c4c3)n2)cc1.Fc1ccc(-c2nc(-c3ccc(F)cc3)nc(-c3ccc4c5ccc(-c6ccc7c(c6)c6ccccc6n7-c6ccccc6)cc5n(-c5ccccc5)c4c3)n2)cc1. The van der Waals surface area contributed by atoms with Crippen LogP contribution < -0.4 is 0 Å². The molecule has 6 heterocycles. The normalized spacial score (nSPS) is 11.6. The van der Waals surface area contributed by atoms with E-state index in [0.717, 1.165) is 122 Å². The van der Waals surface area contributed by atoms with E-state index in [1.54, 1.807) is 48.5 Å². The lowest BCUT2D eigenvalue weighted by Crippen LogP contribution is -2.00. The Kier molecular flexibility index (Phi) is 16.8. The van der Waals surface area contributed by atoms with Crippen LogP contribution in [-0.2, 0) is 0 Å². The Hall–Kier alpha value is -15.5. The second-order valence-corrected chi connectivity index (χ2v) is 28.9. The second-order valence-electron chi connectivity index (χ2n) is 28.9. The average Bonchev–Trinajstić information content (AvgIpc) is 1.58. The van der Waals surface area contributed by atoms with Crippen LogP contribution in [0.4, 0.5) is 17.6 Å². The number of rotatable bonds is 12. The first-order valence-corrected chi connectivity index (χ1v) is 38.3. The van der Waals surface area contributed by atoms with Gasteiger partial charge < -0.3 is 18.3 Å². The Labute approximate surface area is 662 Å². The number of fused-ring (bicyclic) bond motifs is 12. The molecule has 0 aliphatic heterocycles. The number of para-hydroxylation sites is 6. The van der Waals surface area contributed by atoms with Crippen molar-refractivity contribution in [1.82, 2.24) is 43.2 Å². The van der Waals surface area contributed by atoms with Crippen LogP contribution in [0.2, 0.25) is 0 Å². The van der Waals surface area contributed by atoms with Gasteiger partial charge in [0, 0.05) is 99.2 Å². The predicted molar refractivity (Wildman–Crippen MR) is 463 cm³/mol. The highest BCUT2D eigenvalue weighted by Gasteiger charge is 2.23. The highest BCUT2D eigenvalue weighted by molar-refractivity contribution is 6.15. The maximum Gasteiger partial charge on any atom is 0.164 e. The summed E-state index contributed by atoms with van der Waals surface area (Å²) in [4.78, 5) is 24.6. The molecule has 0 saturated carbocycles. The quantitative estimate of drug-likeness (QED) is 0.114. The molecule has 0 aliphatic rings. The molecule has 16 aromatic carbocycles. The second kappa shape index (κ2) is 28.4. The molecule has 13 heteroatoms. The van der Waals surface area contributed by atoms with Gasteiger partial charge >= 0.3 is 0 Å². The maximum atomic E-state index is 14.0. The third-order valence-electron chi connectivity index (χ3n) is 22.0. The molecule has 6 aromatic heterocycles. The van der Waals surface area contributed by atoms with Gasteiger partial charge in [-0.1, -0.05) is 170 Å². The van der Waals surface area contributed by atoms with Gasteiger partial charge in [-0.3, -0.25) is 0 Å². The van der Waals surface area contributed by atoms with E-state index in [1.807, 2.05) is 42.5 Å². The summed E-state index contributed by atoms with van der Waals surface area (Å²) in [5.74, 6) is 0.389. The molecule has 0 radical (unpaired) electrons. The molecule has 116 heavy (non-hydrogen) atoms. The number of halogens is 4. The van der Waals surface area contributed by atoms with E-state index < -0.39 is 0 Å². The van der Waals surface area contributed by atoms with Crippen molar-refractivity contribution in [1.29, 1.82) is 0 Å². The summed E-state index contributed by atoms with van der Waals surface area (Å²) in [6, 6.07) is 125. The summed E-state index contributed by atoms with van der Waals surface area (Å²) in [6.45, 7) is 0. The fraction of sp³-hybridized carbons (Fsp3) is 0. The van der Waals surface area contributed by atoms with E-state index >= 15 is 0 Å². The highest BCUT2D eigenvalue weighted by atomic mass is 19.1. The molecular formula is C103H63F4N9. The minimum atomic E-state index is -0.352. The van der Waals surface area contributed by atoms with Crippen LogP contribution >= 0.6 is 0 Å². The summed E-state index contributed by atoms with van der Waals surface area (Å²) in [5.41, 5.74) is 23.3. The highest BCUT2D eigenvalue weighted by Crippen LogP contribution is 2.43. The molecule has 0 fully saturated rings. The molecule has 0 atom stereocenters. The minimum Gasteiger partial charge on any atom is -0.309 e. The molecule has 22 rings (SSSR count). The summed E-state index contributed by atoms with van der Waals surface area (Å²) in [6.07, 6.45) is 0. The molecule has 22 aromatic rings. The molecule has 548 valence electrons. The molecule has 0 bridgehead atoms. The van der Waals surface area contributed by atoms with E-state index in [2.05, 4.69) is 261 Å². The third kappa shape index (κ3) is 12.3. The van der Waals surface area contributed by atoms with E-state index in [1.165, 1.54) is 81.1 Å². The Balaban J connectivity index is 0.000000145. The van der Waals surface area contributed by atoms with Gasteiger partial charge in [-0.2, -0.15) is 0 Å². The number of hydrogen-bond donors (Lipinski definition) is 0. The number of nitrogens with zero attached hydrogens (tertiary/aromatic N) is 9. The Morgan fingerprint density at radius 3 is 0.733 bits per heavy atom. The van der Waals surface area contributed by atoms with Crippen LogP contribution in [0.15, 0.2) is 382 Å². The molecule has 0 amide bonds. The first-order chi connectivity index (χ1) is 57.1. The standard InChI is InChI=1S/C52H32F2N4.C51H31F2N5/c53-38-22-15-33(16-23-38)46-32-47(34-17-24-39(54)25-18-34)56-52(55-46)37-20-27-44-43-26-19-36(30-50(43)58(51(44)31-37)41-11-5-2-6-12-41)35-21-28-49-45(29-35)42-13-7-8-14-48(42)57(49)40-9-3-1-4-10-40;52-37-22-15-32(16-23-37)49-54-50(33-17-24-38(53)25-18-33)56-51(55-49)36-20-27-43-42-26-19-35(30-47(42)58(48(43)31-36)40-11-5-2-6-12-40)34-21-28-46-44(29-34)41-13-7-8-14-45(41)57(46)39-9-3-1-4-10-39/h1-32H;1-31H. The lowest BCUT2D eigenvalue weighted by molar-refractivity contribution is 0.627. The zero-order valence-electron chi connectivity index (χ0n) is 61.9. The third-order valence-corrected chi connectivity index (χ3v) is 22.0. The number of benzene rings is 16. The van der Waals surface area contributed by atoms with Gasteiger partial charge in [0.2, 0.25) is 0 Å². The summed E-state index contributed by atoms with van der Waals surface area (Å²) in [7, 11) is 0. The van der Waals surface area contributed by atoms with Gasteiger partial charge in [0.25, 0.3) is 0 Å². The van der Waals surface area contributed by atoms with E-state index in [9.17, 15) is 17.6 Å². The van der Waals surface area contributed by atoms with Gasteiger partial charge in [0.1, 0.15) is 23.3 Å². The summed E-state index contributed by atoms with van der Waals surface area (Å²) in [5, 5.41) is 9.25. The van der Waals surface area contributed by atoms with Crippen LogP contribution in [0.25, 0.3) is 200 Å². The summed E-state index contributed by atoms with van der Waals surface area (Å²) < 4.78 is 65.1. The van der Waals surface area contributed by atoms with Crippen molar-refractivity contribution in [3.05, 3.63) is 405 Å². The molecule has 0 saturated heterocycles. The smallest absolute Gasteiger partial charge is 0.164 e. The first kappa shape index (κ1) is 68.6. The Morgan fingerprint density at radius 2 is 0.388 bits per heavy atom. The number of hydrogen-bond acceptors (Lipinski definition) is 5. The fourth-order valence-electron chi connectivity index (χ4n) is 16.5. The monoisotopic (exact) mass is 1500 g/mol. The minimum absolute atomic E-state index is 0.324. The Morgan fingerprint density at radius 1 is 0.155 bits per heavy atom. The van der Waals surface area contributed by atoms with Crippen LogP contribution in [0.3, 0.4) is 0 Å². The van der Waals surface area contributed by atoms with Crippen molar-refractivity contribution >= 4 is 87.2 Å². The summed E-state index contributed by atoms with van der Waals surface area (Å²) >= 11 is 0. The first-order valence-electron chi connectivity index (χ1n) is 38.3. The van der Waals surface area contributed by atoms with Gasteiger partial charge in [-0.05, 0) is 235 Å². The number of aromatic nitrogens is 9. The van der Waals surface area contributed by atoms with Crippen molar-refractivity contribution in [2.75, 3.05) is 0 Å². The molecule has 0 aliphatic carbocycles. The predicted octanol–water partition coefficient (Wildman–Crippen LogP) is 26.6. The van der Waals surface area contributed by atoms with Crippen LogP contribution in [0.1, 0.15) is 0 Å². The van der Waals surface area contributed by atoms with Crippen molar-refractivity contribution < 1.29 is 17.6 Å². The van der Waals surface area contributed by atoms with Gasteiger partial charge in [0.15, 0.2) is 23.3 Å². The topological polar surface area (TPSA) is 84.2 Å². The molecule has 9 nitrogen and oxygen atoms in total. The molecule has 0 N–H and O–H groups in total. The van der Waals surface area contributed by atoms with E-state index in [4.69, 9.17) is 24.9 Å². The molecule has 0 unspecified atom stereocenters. The fourth-order valence-corrected chi connectivity index (χ4v) is 16.5. The largest absolute Gasteiger partial charge is 0.309 e. The van der Waals surface area contributed by atoms with Crippen molar-refractivity contribution in [3.63, 3.8) is 0 Å². The van der Waals surface area contributed by atoms with Crippen LogP contribution in [0, 0.1) is 23.3 Å². The van der Waals surface area contributed by atoms with Crippen molar-refractivity contribution in [3.8, 4) is 113 Å². The molecular weight excluding hydrogens is 1440 g/mol. The van der Waals surface area contributed by atoms with Gasteiger partial charge in [0.05, 0.1) is 55.5 Å². The zero-order chi connectivity index (χ0) is 77.5. The van der Waals surface area contributed by atoms with Gasteiger partial charge in [-0.15, -0.1) is 0 Å². The maximum absolute atomic E-state index is 14.0. The molecule has 0 spiro atoms. The van der Waals surface area contributed by atoms with Crippen molar-refractivity contribution in [2.45, 2.75) is 0 Å². The van der Waals surface area contributed by atoms with Crippen LogP contribution in [-0.4, -0.2) is 43.2 Å². The van der Waals surface area contributed by atoms with Crippen LogP contribution in [0.5, 0.6) is 0 Å². The van der Waals surface area contributed by atoms with E-state index in [0.29, 0.717) is 45.8 Å². The average molecular weight is 1500 g/mol. The van der Waals surface area contributed by atoms with Crippen molar-refractivity contribution in [2.24, 2.45) is 0 Å². The Bertz CT molecular complexity index is 6990. The lowest BCUT2D eigenvalue weighted by atomic mass is 10.0. The van der Waals surface area contributed by atoms with E-state index in [-0.39, 0.29) is 23.3 Å². The lowest BCUT2D eigenvalue weighted by Gasteiger charge is -2.11. The zero-order valence-corrected chi connectivity index (χ0v) is 61.9.